The largest absolute Gasteiger partial charge is 0.495 e. The number of benzene rings is 1. The third-order valence-corrected chi connectivity index (χ3v) is 5.15. The van der Waals surface area contributed by atoms with Gasteiger partial charge in [0.25, 0.3) is 5.56 Å². The fraction of sp³-hybridized carbons (Fsp3) is 0.292. The summed E-state index contributed by atoms with van der Waals surface area (Å²) in [4.78, 5) is 45.0. The van der Waals surface area contributed by atoms with Crippen LogP contribution in [-0.2, 0) is 4.79 Å². The van der Waals surface area contributed by atoms with Crippen molar-refractivity contribution in [2.45, 2.75) is 38.8 Å². The van der Waals surface area contributed by atoms with Gasteiger partial charge in [-0.05, 0) is 62.2 Å². The Balaban J connectivity index is 0.000000927. The van der Waals surface area contributed by atoms with Gasteiger partial charge in [-0.1, -0.05) is 6.92 Å². The lowest BCUT2D eigenvalue weighted by molar-refractivity contribution is -0.125. The summed E-state index contributed by atoms with van der Waals surface area (Å²) in [5.41, 5.74) is 2.12. The molecule has 1 aromatic carbocycles. The van der Waals surface area contributed by atoms with Gasteiger partial charge in [0.2, 0.25) is 5.91 Å². The van der Waals surface area contributed by atoms with Gasteiger partial charge in [0.05, 0.1) is 24.1 Å². The monoisotopic (exact) mass is 456 g/mol. The molecule has 2 atom stereocenters. The van der Waals surface area contributed by atoms with E-state index >= 15 is 0 Å². The van der Waals surface area contributed by atoms with E-state index in [-0.39, 0.29) is 20.2 Å². The van der Waals surface area contributed by atoms with Crippen LogP contribution in [0.2, 0.25) is 0 Å². The number of fused-ring (bicyclic) bond motifs is 1. The molecule has 0 radical (unpaired) electrons. The number of H-pyrrole nitrogens is 1. The van der Waals surface area contributed by atoms with Crippen molar-refractivity contribution in [1.82, 2.24) is 19.9 Å². The Morgan fingerprint density at radius 1 is 1.36 bits per heavy atom. The number of allylic oxidation sites excluding steroid dienone is 1. The highest BCUT2D eigenvalue weighted by Gasteiger charge is 2.26. The smallest absolute Gasteiger partial charge is 0.329 e. The number of methoxy groups -OCH3 is 1. The lowest BCUT2D eigenvalue weighted by Crippen LogP contribution is -2.45. The number of hydrogen-bond donors (Lipinski definition) is 2. The van der Waals surface area contributed by atoms with E-state index < -0.39 is 35.1 Å². The molecule has 1 amide bonds. The summed E-state index contributed by atoms with van der Waals surface area (Å²) >= 11 is 0. The van der Waals surface area contributed by atoms with Crippen LogP contribution in [0, 0.1) is 5.82 Å². The molecule has 0 saturated carbocycles. The number of pyridine rings is 1. The zero-order valence-corrected chi connectivity index (χ0v) is 18.6. The van der Waals surface area contributed by atoms with E-state index in [1.54, 1.807) is 32.2 Å². The molecule has 0 aliphatic heterocycles. The number of rotatable bonds is 6. The highest BCUT2D eigenvalue weighted by molar-refractivity contribution is 5.82. The average Bonchev–Trinajstić information content (AvgIpc) is 2.75. The summed E-state index contributed by atoms with van der Waals surface area (Å²) in [7, 11) is 1.50. The number of nitrogens with zero attached hydrogens (tertiary/aromatic N) is 2. The number of carbonyl (C=O) groups is 1. The quantitative estimate of drug-likeness (QED) is 0.551. The lowest BCUT2D eigenvalue weighted by Gasteiger charge is -2.21. The minimum atomic E-state index is -1.07. The van der Waals surface area contributed by atoms with Crippen molar-refractivity contribution < 1.29 is 16.8 Å². The Bertz CT molecular complexity index is 1340. The average molecular weight is 457 g/mol. The second kappa shape index (κ2) is 10.6. The van der Waals surface area contributed by atoms with Gasteiger partial charge >= 0.3 is 5.69 Å². The van der Waals surface area contributed by atoms with Gasteiger partial charge in [-0.15, -0.1) is 5.73 Å². The number of halogens is 1. The van der Waals surface area contributed by atoms with Crippen molar-refractivity contribution in [1.29, 1.82) is 0 Å². The molecule has 8 nitrogen and oxygen atoms in total. The summed E-state index contributed by atoms with van der Waals surface area (Å²) in [6.45, 7) is 3.40. The third kappa shape index (κ3) is 5.27. The molecule has 1 aliphatic rings. The summed E-state index contributed by atoms with van der Waals surface area (Å²) in [5, 5.41) is 2.76. The number of aromatic nitrogens is 3. The van der Waals surface area contributed by atoms with E-state index in [2.05, 4.69) is 21.0 Å². The molecule has 0 spiro atoms. The number of amides is 1. The zero-order chi connectivity index (χ0) is 24.0. The molecule has 0 saturated heterocycles. The number of aromatic amines is 1. The molecule has 0 fully saturated rings. The van der Waals surface area contributed by atoms with Gasteiger partial charge in [-0.25, -0.2) is 13.8 Å². The second-order valence-electron chi connectivity index (χ2n) is 7.35. The van der Waals surface area contributed by atoms with Gasteiger partial charge in [0, 0.05) is 9.05 Å². The highest BCUT2D eigenvalue weighted by atomic mass is 19.1. The Hall–Kier alpha value is -3.97. The Morgan fingerprint density at radius 2 is 2.06 bits per heavy atom. The molecule has 33 heavy (non-hydrogen) atoms. The molecule has 0 unspecified atom stereocenters. The van der Waals surface area contributed by atoms with E-state index in [0.29, 0.717) is 11.4 Å². The first-order chi connectivity index (χ1) is 15.9. The summed E-state index contributed by atoms with van der Waals surface area (Å²) < 4.78 is 19.7. The fourth-order valence-electron chi connectivity index (χ4n) is 3.36. The van der Waals surface area contributed by atoms with Crippen LogP contribution < -0.4 is 21.3 Å². The van der Waals surface area contributed by atoms with Crippen molar-refractivity contribution in [3.63, 3.8) is 0 Å². The summed E-state index contributed by atoms with van der Waals surface area (Å²) in [5.74, 6) is -0.637. The molecule has 2 N–H and O–H groups in total. The predicted molar refractivity (Wildman–Crippen MR) is 127 cm³/mol. The molecule has 176 valence electrons. The normalized spacial score (nSPS) is 13.5. The SMILES string of the molecule is C1=CCC=1.CC[C@@H](C(=O)N[C@@H](C)c1ncccc1OC)n1c(=O)[nH]c2ccc(F)cc2c1=O.[HH].[HH]. The van der Waals surface area contributed by atoms with Gasteiger partial charge in [-0.2, -0.15) is 0 Å². The van der Waals surface area contributed by atoms with Crippen LogP contribution in [0.3, 0.4) is 0 Å². The van der Waals surface area contributed by atoms with Crippen LogP contribution in [0.5, 0.6) is 5.75 Å². The first-order valence-electron chi connectivity index (χ1n) is 10.5. The molecule has 9 heteroatoms. The van der Waals surface area contributed by atoms with Crippen LogP contribution >= 0.6 is 0 Å². The van der Waals surface area contributed by atoms with Gasteiger partial charge in [0.15, 0.2) is 0 Å². The molecule has 4 rings (SSSR count). The van der Waals surface area contributed by atoms with Crippen LogP contribution in [0.25, 0.3) is 10.9 Å². The molecular weight excluding hydrogens is 427 g/mol. The first kappa shape index (κ1) is 23.7. The van der Waals surface area contributed by atoms with Crippen LogP contribution in [0.1, 0.15) is 47.3 Å². The lowest BCUT2D eigenvalue weighted by atomic mass is 10.1. The molecule has 1 aliphatic carbocycles. The maximum atomic E-state index is 13.6. The standard InChI is InChI=1S/C20H21FN4O4.C4H4.2H2/c1-4-15(18(26)23-11(2)17-16(29-3)6-5-9-22-17)25-19(27)13-10-12(21)7-8-14(13)24-20(25)28;1-2-4-3-1;;/h5-11,15H,4H2,1-3H3,(H,23,26)(H,24,28);1,4H,2H2;2*1H/t11-,15-;;;/m0.../s1. The second-order valence-corrected chi connectivity index (χ2v) is 7.35. The molecular formula is C24H29FN4O4. The number of nitrogens with one attached hydrogen (secondary N) is 2. The molecule has 2 heterocycles. The van der Waals surface area contributed by atoms with E-state index in [9.17, 15) is 18.8 Å². The zero-order valence-electron chi connectivity index (χ0n) is 18.6. The third-order valence-electron chi connectivity index (χ3n) is 5.15. The minimum Gasteiger partial charge on any atom is -0.495 e. The summed E-state index contributed by atoms with van der Waals surface area (Å²) in [6, 6.07) is 5.32. The minimum absolute atomic E-state index is 0. The van der Waals surface area contributed by atoms with E-state index in [1.807, 2.05) is 12.2 Å². The maximum absolute atomic E-state index is 13.6. The fourth-order valence-corrected chi connectivity index (χ4v) is 3.36. The van der Waals surface area contributed by atoms with E-state index in [1.165, 1.54) is 13.2 Å². The summed E-state index contributed by atoms with van der Waals surface area (Å²) in [6.07, 6.45) is 6.90. The van der Waals surface area contributed by atoms with Crippen molar-refractivity contribution in [2.24, 2.45) is 0 Å². The molecule has 0 bridgehead atoms. The van der Waals surface area contributed by atoms with Gasteiger partial charge in [0.1, 0.15) is 23.3 Å². The van der Waals surface area contributed by atoms with Gasteiger partial charge < -0.3 is 15.0 Å². The van der Waals surface area contributed by atoms with Crippen LogP contribution in [0.15, 0.2) is 64.0 Å². The van der Waals surface area contributed by atoms with E-state index in [0.717, 1.165) is 23.1 Å². The Morgan fingerprint density at radius 3 is 2.67 bits per heavy atom. The molecule has 3 aromatic rings. The number of hydrogen-bond acceptors (Lipinski definition) is 5. The first-order valence-corrected chi connectivity index (χ1v) is 10.5. The van der Waals surface area contributed by atoms with Crippen molar-refractivity contribution in [3.05, 3.63) is 86.8 Å². The van der Waals surface area contributed by atoms with Crippen molar-refractivity contribution >= 4 is 16.8 Å². The van der Waals surface area contributed by atoms with Crippen molar-refractivity contribution in [3.8, 4) is 5.75 Å². The van der Waals surface area contributed by atoms with E-state index in [4.69, 9.17) is 4.74 Å². The highest BCUT2D eigenvalue weighted by Crippen LogP contribution is 2.22. The maximum Gasteiger partial charge on any atom is 0.329 e. The Kier molecular flexibility index (Phi) is 7.58. The number of ether oxygens (including phenoxy) is 1. The topological polar surface area (TPSA) is 106 Å². The molecule has 2 aromatic heterocycles. The predicted octanol–water partition coefficient (Wildman–Crippen LogP) is 3.65. The van der Waals surface area contributed by atoms with Gasteiger partial charge in [-0.3, -0.25) is 14.6 Å². The number of carbonyl (C=O) groups excluding carboxylic acids is 1. The van der Waals surface area contributed by atoms with Crippen molar-refractivity contribution in [2.75, 3.05) is 7.11 Å². The van der Waals surface area contributed by atoms with Crippen LogP contribution in [-0.4, -0.2) is 27.6 Å². The van der Waals surface area contributed by atoms with Crippen LogP contribution in [0.4, 0.5) is 4.39 Å². The Labute approximate surface area is 192 Å².